The highest BCUT2D eigenvalue weighted by atomic mass is 32.2. The summed E-state index contributed by atoms with van der Waals surface area (Å²) in [5, 5.41) is 0. The molecule has 2 heterocycles. The SMILES string of the molecule is COc1ccc(N2CCN(C(CNS(=O)(=O)c3cc(C)ccc3C)c3ccco3)CC2)cc1. The van der Waals surface area contributed by atoms with Crippen molar-refractivity contribution in [3.8, 4) is 5.75 Å². The third kappa shape index (κ3) is 5.40. The van der Waals surface area contributed by atoms with Crippen molar-refractivity contribution in [2.24, 2.45) is 0 Å². The Morgan fingerprint density at radius 1 is 1.03 bits per heavy atom. The van der Waals surface area contributed by atoms with Crippen molar-refractivity contribution in [2.75, 3.05) is 44.7 Å². The first-order valence-electron chi connectivity index (χ1n) is 11.1. The lowest BCUT2D eigenvalue weighted by atomic mass is 10.1. The molecule has 3 aromatic rings. The Bertz CT molecular complexity index is 1150. The van der Waals surface area contributed by atoms with E-state index in [-0.39, 0.29) is 12.6 Å². The van der Waals surface area contributed by atoms with E-state index < -0.39 is 10.0 Å². The summed E-state index contributed by atoms with van der Waals surface area (Å²) in [6.45, 7) is 7.22. The summed E-state index contributed by atoms with van der Waals surface area (Å²) in [6, 6.07) is 17.1. The van der Waals surface area contributed by atoms with Crippen molar-refractivity contribution in [3.63, 3.8) is 0 Å². The molecule has 0 saturated carbocycles. The molecule has 7 nitrogen and oxygen atoms in total. The number of piperazine rings is 1. The number of nitrogens with one attached hydrogen (secondary N) is 1. The quantitative estimate of drug-likeness (QED) is 0.542. The molecule has 0 radical (unpaired) electrons. The van der Waals surface area contributed by atoms with E-state index in [1.807, 2.05) is 50.2 Å². The highest BCUT2D eigenvalue weighted by molar-refractivity contribution is 7.89. The topological polar surface area (TPSA) is 75.0 Å². The summed E-state index contributed by atoms with van der Waals surface area (Å²) < 4.78 is 39.9. The van der Waals surface area contributed by atoms with Gasteiger partial charge in [-0.05, 0) is 67.4 Å². The molecule has 1 unspecified atom stereocenters. The summed E-state index contributed by atoms with van der Waals surface area (Å²) in [5.74, 6) is 1.60. The fourth-order valence-corrected chi connectivity index (χ4v) is 5.60. The molecule has 0 spiro atoms. The Labute approximate surface area is 196 Å². The molecule has 2 aromatic carbocycles. The summed E-state index contributed by atoms with van der Waals surface area (Å²) in [5.41, 5.74) is 2.80. The molecule has 1 N–H and O–H groups in total. The average Bonchev–Trinajstić information content (AvgIpc) is 3.36. The lowest BCUT2D eigenvalue weighted by molar-refractivity contribution is 0.166. The molecule has 0 bridgehead atoms. The van der Waals surface area contributed by atoms with Crippen molar-refractivity contribution in [1.29, 1.82) is 0 Å². The average molecular weight is 470 g/mol. The van der Waals surface area contributed by atoms with Gasteiger partial charge >= 0.3 is 0 Å². The van der Waals surface area contributed by atoms with E-state index in [2.05, 4.69) is 26.7 Å². The predicted octanol–water partition coefficient (Wildman–Crippen LogP) is 3.75. The van der Waals surface area contributed by atoms with E-state index in [4.69, 9.17) is 9.15 Å². The first kappa shape index (κ1) is 23.4. The summed E-state index contributed by atoms with van der Waals surface area (Å²) in [4.78, 5) is 4.94. The lowest BCUT2D eigenvalue weighted by Gasteiger charge is -2.39. The number of anilines is 1. The third-order valence-electron chi connectivity index (χ3n) is 6.16. The predicted molar refractivity (Wildman–Crippen MR) is 129 cm³/mol. The maximum atomic E-state index is 13.1. The highest BCUT2D eigenvalue weighted by Crippen LogP contribution is 2.26. The van der Waals surface area contributed by atoms with Gasteiger partial charge in [0.25, 0.3) is 0 Å². The van der Waals surface area contributed by atoms with E-state index >= 15 is 0 Å². The van der Waals surface area contributed by atoms with Crippen LogP contribution in [0.2, 0.25) is 0 Å². The van der Waals surface area contributed by atoms with Crippen molar-refractivity contribution in [1.82, 2.24) is 9.62 Å². The van der Waals surface area contributed by atoms with Gasteiger partial charge in [0.1, 0.15) is 11.5 Å². The van der Waals surface area contributed by atoms with E-state index in [9.17, 15) is 8.42 Å². The number of methoxy groups -OCH3 is 1. The molecule has 33 heavy (non-hydrogen) atoms. The zero-order chi connectivity index (χ0) is 23.4. The van der Waals surface area contributed by atoms with Gasteiger partial charge in [-0.2, -0.15) is 0 Å². The fraction of sp³-hybridized carbons (Fsp3) is 0.360. The second kappa shape index (κ2) is 9.99. The Morgan fingerprint density at radius 3 is 2.39 bits per heavy atom. The summed E-state index contributed by atoms with van der Waals surface area (Å²) in [7, 11) is -1.98. The van der Waals surface area contributed by atoms with Crippen LogP contribution in [-0.4, -0.2) is 53.2 Å². The van der Waals surface area contributed by atoms with Gasteiger partial charge in [0.05, 0.1) is 24.3 Å². The van der Waals surface area contributed by atoms with Gasteiger partial charge < -0.3 is 14.1 Å². The molecule has 8 heteroatoms. The number of sulfonamides is 1. The number of furan rings is 1. The fourth-order valence-electron chi connectivity index (χ4n) is 4.24. The lowest BCUT2D eigenvalue weighted by Crippen LogP contribution is -2.49. The van der Waals surface area contributed by atoms with Gasteiger partial charge in [-0.25, -0.2) is 13.1 Å². The molecule has 1 aliphatic rings. The van der Waals surface area contributed by atoms with Crippen LogP contribution >= 0.6 is 0 Å². The zero-order valence-corrected chi connectivity index (χ0v) is 20.1. The molecule has 0 aliphatic carbocycles. The largest absolute Gasteiger partial charge is 0.497 e. The third-order valence-corrected chi connectivity index (χ3v) is 7.73. The molecule has 1 aromatic heterocycles. The van der Waals surface area contributed by atoms with Crippen molar-refractivity contribution in [2.45, 2.75) is 24.8 Å². The van der Waals surface area contributed by atoms with Crippen LogP contribution in [0.15, 0.2) is 70.2 Å². The molecular formula is C25H31N3O4S. The Kier molecular flexibility index (Phi) is 7.07. The van der Waals surface area contributed by atoms with Gasteiger partial charge in [0.2, 0.25) is 10.0 Å². The van der Waals surface area contributed by atoms with Crippen LogP contribution in [0.3, 0.4) is 0 Å². The molecule has 1 saturated heterocycles. The highest BCUT2D eigenvalue weighted by Gasteiger charge is 2.29. The Morgan fingerprint density at radius 2 is 1.76 bits per heavy atom. The smallest absolute Gasteiger partial charge is 0.240 e. The minimum absolute atomic E-state index is 0.182. The van der Waals surface area contributed by atoms with E-state index in [0.29, 0.717) is 4.90 Å². The molecule has 1 fully saturated rings. The minimum atomic E-state index is -3.64. The number of benzene rings is 2. The van der Waals surface area contributed by atoms with Gasteiger partial charge in [-0.3, -0.25) is 4.90 Å². The summed E-state index contributed by atoms with van der Waals surface area (Å²) >= 11 is 0. The van der Waals surface area contributed by atoms with Crippen LogP contribution < -0.4 is 14.4 Å². The van der Waals surface area contributed by atoms with Crippen LogP contribution in [-0.2, 0) is 10.0 Å². The number of hydrogen-bond donors (Lipinski definition) is 1. The number of ether oxygens (including phenoxy) is 1. The van der Waals surface area contributed by atoms with E-state index in [1.165, 1.54) is 0 Å². The molecule has 1 atom stereocenters. The number of aryl methyl sites for hydroxylation is 2. The molecule has 1 aliphatic heterocycles. The Balaban J connectivity index is 1.46. The van der Waals surface area contributed by atoms with Crippen LogP contribution in [0.1, 0.15) is 22.9 Å². The van der Waals surface area contributed by atoms with Crippen molar-refractivity contribution in [3.05, 3.63) is 77.7 Å². The standard InChI is InChI=1S/C25H31N3O4S/c1-19-6-7-20(2)25(17-19)33(29,30)26-18-23(24-5-4-16-32-24)28-14-12-27(13-15-28)21-8-10-22(31-3)11-9-21/h4-11,16-17,23,26H,12-15,18H2,1-3H3. The number of rotatable bonds is 8. The van der Waals surface area contributed by atoms with Crippen LogP contribution in [0.5, 0.6) is 5.75 Å². The summed E-state index contributed by atoms with van der Waals surface area (Å²) in [6.07, 6.45) is 1.63. The van der Waals surface area contributed by atoms with Crippen molar-refractivity contribution >= 4 is 15.7 Å². The van der Waals surface area contributed by atoms with Gasteiger partial charge in [-0.1, -0.05) is 12.1 Å². The maximum absolute atomic E-state index is 13.1. The van der Waals surface area contributed by atoms with Crippen molar-refractivity contribution < 1.29 is 17.6 Å². The first-order chi connectivity index (χ1) is 15.9. The van der Waals surface area contributed by atoms with Crippen LogP contribution in [0, 0.1) is 13.8 Å². The second-order valence-electron chi connectivity index (χ2n) is 8.37. The second-order valence-corrected chi connectivity index (χ2v) is 10.1. The van der Waals surface area contributed by atoms with E-state index in [1.54, 1.807) is 19.4 Å². The molecule has 0 amide bonds. The molecule has 176 valence electrons. The van der Waals surface area contributed by atoms with Crippen LogP contribution in [0.4, 0.5) is 5.69 Å². The molecular weight excluding hydrogens is 438 g/mol. The number of nitrogens with zero attached hydrogens (tertiary/aromatic N) is 2. The number of hydrogen-bond acceptors (Lipinski definition) is 6. The maximum Gasteiger partial charge on any atom is 0.240 e. The normalized spacial score (nSPS) is 16.0. The van der Waals surface area contributed by atoms with E-state index in [0.717, 1.165) is 54.5 Å². The molecule has 4 rings (SSSR count). The monoisotopic (exact) mass is 469 g/mol. The Hall–Kier alpha value is -2.81. The van der Waals surface area contributed by atoms with Gasteiger partial charge in [-0.15, -0.1) is 0 Å². The minimum Gasteiger partial charge on any atom is -0.497 e. The van der Waals surface area contributed by atoms with Crippen LogP contribution in [0.25, 0.3) is 0 Å². The first-order valence-corrected chi connectivity index (χ1v) is 12.6. The van der Waals surface area contributed by atoms with Gasteiger partial charge in [0, 0.05) is 38.4 Å². The van der Waals surface area contributed by atoms with Gasteiger partial charge in [0.15, 0.2) is 0 Å². The zero-order valence-electron chi connectivity index (χ0n) is 19.3.